The number of hydrogen-bond acceptors (Lipinski definition) is 3. The highest BCUT2D eigenvalue weighted by atomic mass is 19.1. The Bertz CT molecular complexity index is 442. The molecule has 2 rings (SSSR count). The average Bonchev–Trinajstić information content (AvgIpc) is 2.78. The third kappa shape index (κ3) is 2.67. The molecule has 84 valence electrons. The van der Waals surface area contributed by atoms with Crippen molar-refractivity contribution in [2.45, 2.75) is 19.5 Å². The van der Waals surface area contributed by atoms with Crippen LogP contribution in [-0.4, -0.2) is 4.98 Å². The summed E-state index contributed by atoms with van der Waals surface area (Å²) in [6, 6.07) is 3.43. The molecule has 3 nitrogen and oxygen atoms in total. The molecule has 2 heterocycles. The molecule has 4 heteroatoms. The number of furan rings is 1. The standard InChI is InChI=1S/C12H13FN2O/c1-9(11-4-12(13)7-14-6-11)15-5-10-2-3-16-8-10/h2-4,6-9,15H,5H2,1H3. The van der Waals surface area contributed by atoms with E-state index >= 15 is 0 Å². The zero-order valence-electron chi connectivity index (χ0n) is 8.98. The summed E-state index contributed by atoms with van der Waals surface area (Å²) in [5.41, 5.74) is 1.90. The van der Waals surface area contributed by atoms with Gasteiger partial charge < -0.3 is 9.73 Å². The first kappa shape index (κ1) is 10.8. The molecule has 16 heavy (non-hydrogen) atoms. The minimum atomic E-state index is -0.311. The molecule has 0 spiro atoms. The van der Waals surface area contributed by atoms with Crippen LogP contribution in [0.15, 0.2) is 41.5 Å². The van der Waals surface area contributed by atoms with Crippen LogP contribution < -0.4 is 5.32 Å². The predicted molar refractivity (Wildman–Crippen MR) is 58.2 cm³/mol. The maximum Gasteiger partial charge on any atom is 0.141 e. The summed E-state index contributed by atoms with van der Waals surface area (Å²) in [6.07, 6.45) is 6.18. The van der Waals surface area contributed by atoms with Gasteiger partial charge in [0.1, 0.15) is 5.82 Å². The molecule has 0 aliphatic rings. The number of hydrogen-bond donors (Lipinski definition) is 1. The second-order valence-corrected chi connectivity index (χ2v) is 3.67. The zero-order valence-corrected chi connectivity index (χ0v) is 8.98. The zero-order chi connectivity index (χ0) is 11.4. The van der Waals surface area contributed by atoms with Crippen molar-refractivity contribution in [2.24, 2.45) is 0 Å². The van der Waals surface area contributed by atoms with Crippen LogP contribution >= 0.6 is 0 Å². The van der Waals surface area contributed by atoms with Crippen molar-refractivity contribution in [3.63, 3.8) is 0 Å². The van der Waals surface area contributed by atoms with E-state index in [9.17, 15) is 4.39 Å². The lowest BCUT2D eigenvalue weighted by atomic mass is 10.1. The quantitative estimate of drug-likeness (QED) is 0.860. The first-order valence-electron chi connectivity index (χ1n) is 5.10. The van der Waals surface area contributed by atoms with Gasteiger partial charge in [0, 0.05) is 24.3 Å². The van der Waals surface area contributed by atoms with Crippen LogP contribution in [0, 0.1) is 5.82 Å². The van der Waals surface area contributed by atoms with E-state index in [1.807, 2.05) is 13.0 Å². The Hall–Kier alpha value is -1.68. The largest absolute Gasteiger partial charge is 0.472 e. The number of aromatic nitrogens is 1. The van der Waals surface area contributed by atoms with E-state index in [2.05, 4.69) is 10.3 Å². The van der Waals surface area contributed by atoms with E-state index in [0.717, 1.165) is 11.1 Å². The fourth-order valence-electron chi connectivity index (χ4n) is 1.45. The van der Waals surface area contributed by atoms with Crippen molar-refractivity contribution >= 4 is 0 Å². The average molecular weight is 220 g/mol. The third-order valence-electron chi connectivity index (χ3n) is 2.42. The predicted octanol–water partition coefficient (Wildman–Crippen LogP) is 2.66. The molecule has 2 aromatic rings. The number of nitrogens with one attached hydrogen (secondary N) is 1. The van der Waals surface area contributed by atoms with E-state index in [4.69, 9.17) is 4.42 Å². The number of halogens is 1. The van der Waals surface area contributed by atoms with Crippen LogP contribution in [0.5, 0.6) is 0 Å². The van der Waals surface area contributed by atoms with Crippen LogP contribution in [0.2, 0.25) is 0 Å². The molecule has 1 N–H and O–H groups in total. The third-order valence-corrected chi connectivity index (χ3v) is 2.42. The van der Waals surface area contributed by atoms with Gasteiger partial charge in [-0.3, -0.25) is 4.98 Å². The Morgan fingerprint density at radius 1 is 1.50 bits per heavy atom. The molecule has 0 saturated heterocycles. The van der Waals surface area contributed by atoms with Crippen molar-refractivity contribution in [1.82, 2.24) is 10.3 Å². The van der Waals surface area contributed by atoms with Crippen molar-refractivity contribution in [2.75, 3.05) is 0 Å². The summed E-state index contributed by atoms with van der Waals surface area (Å²) in [5, 5.41) is 3.26. The minimum absolute atomic E-state index is 0.0538. The molecule has 1 atom stereocenters. The molecule has 0 radical (unpaired) electrons. The molecule has 0 bridgehead atoms. The van der Waals surface area contributed by atoms with E-state index in [1.165, 1.54) is 12.3 Å². The number of pyridine rings is 1. The molecule has 0 aliphatic heterocycles. The maximum atomic E-state index is 12.9. The Kier molecular flexibility index (Phi) is 3.31. The van der Waals surface area contributed by atoms with Crippen molar-refractivity contribution in [3.8, 4) is 0 Å². The van der Waals surface area contributed by atoms with Crippen LogP contribution in [0.25, 0.3) is 0 Å². The van der Waals surface area contributed by atoms with E-state index in [-0.39, 0.29) is 11.9 Å². The van der Waals surface area contributed by atoms with Gasteiger partial charge in [-0.1, -0.05) is 0 Å². The Balaban J connectivity index is 1.95. The van der Waals surface area contributed by atoms with Gasteiger partial charge in [-0.25, -0.2) is 4.39 Å². The molecule has 0 fully saturated rings. The Morgan fingerprint density at radius 3 is 3.06 bits per heavy atom. The van der Waals surface area contributed by atoms with Crippen molar-refractivity contribution in [3.05, 3.63) is 54.0 Å². The topological polar surface area (TPSA) is 38.1 Å². The normalized spacial score (nSPS) is 12.6. The van der Waals surface area contributed by atoms with Crippen molar-refractivity contribution < 1.29 is 8.81 Å². The Morgan fingerprint density at radius 2 is 2.38 bits per heavy atom. The molecule has 0 aromatic carbocycles. The molecule has 1 unspecified atom stereocenters. The second-order valence-electron chi connectivity index (χ2n) is 3.67. The Labute approximate surface area is 93.3 Å². The summed E-state index contributed by atoms with van der Waals surface area (Å²) in [7, 11) is 0. The molecular formula is C12H13FN2O. The first-order chi connectivity index (χ1) is 7.75. The number of nitrogens with zero attached hydrogens (tertiary/aromatic N) is 1. The van der Waals surface area contributed by atoms with E-state index in [1.54, 1.807) is 18.7 Å². The smallest absolute Gasteiger partial charge is 0.141 e. The van der Waals surface area contributed by atoms with Crippen molar-refractivity contribution in [1.29, 1.82) is 0 Å². The SMILES string of the molecule is CC(NCc1ccoc1)c1cncc(F)c1. The summed E-state index contributed by atoms with van der Waals surface area (Å²) in [6.45, 7) is 2.66. The summed E-state index contributed by atoms with van der Waals surface area (Å²) in [4.78, 5) is 3.82. The lowest BCUT2D eigenvalue weighted by Gasteiger charge is -2.12. The molecule has 0 saturated carbocycles. The monoisotopic (exact) mass is 220 g/mol. The lowest BCUT2D eigenvalue weighted by molar-refractivity contribution is 0.542. The summed E-state index contributed by atoms with van der Waals surface area (Å²) < 4.78 is 17.9. The van der Waals surface area contributed by atoms with Gasteiger partial charge in [0.25, 0.3) is 0 Å². The van der Waals surface area contributed by atoms with Crippen LogP contribution in [0.3, 0.4) is 0 Å². The molecule has 0 amide bonds. The lowest BCUT2D eigenvalue weighted by Crippen LogP contribution is -2.18. The highest BCUT2D eigenvalue weighted by Crippen LogP contribution is 2.12. The number of rotatable bonds is 4. The van der Waals surface area contributed by atoms with E-state index in [0.29, 0.717) is 6.54 Å². The van der Waals surface area contributed by atoms with Gasteiger partial charge in [0.2, 0.25) is 0 Å². The van der Waals surface area contributed by atoms with Gasteiger partial charge in [-0.15, -0.1) is 0 Å². The van der Waals surface area contributed by atoms with Crippen LogP contribution in [0.4, 0.5) is 4.39 Å². The fourth-order valence-corrected chi connectivity index (χ4v) is 1.45. The maximum absolute atomic E-state index is 12.9. The highest BCUT2D eigenvalue weighted by molar-refractivity contribution is 5.15. The van der Waals surface area contributed by atoms with Gasteiger partial charge in [0.05, 0.1) is 18.7 Å². The summed E-state index contributed by atoms with van der Waals surface area (Å²) >= 11 is 0. The summed E-state index contributed by atoms with van der Waals surface area (Å²) in [5.74, 6) is -0.311. The fraction of sp³-hybridized carbons (Fsp3) is 0.250. The first-order valence-corrected chi connectivity index (χ1v) is 5.10. The molecular weight excluding hydrogens is 207 g/mol. The van der Waals surface area contributed by atoms with Crippen LogP contribution in [-0.2, 0) is 6.54 Å². The van der Waals surface area contributed by atoms with Gasteiger partial charge in [0.15, 0.2) is 0 Å². The van der Waals surface area contributed by atoms with Gasteiger partial charge in [-0.2, -0.15) is 0 Å². The minimum Gasteiger partial charge on any atom is -0.472 e. The second kappa shape index (κ2) is 4.90. The van der Waals surface area contributed by atoms with Gasteiger partial charge >= 0.3 is 0 Å². The highest BCUT2D eigenvalue weighted by Gasteiger charge is 2.06. The van der Waals surface area contributed by atoms with Crippen LogP contribution in [0.1, 0.15) is 24.1 Å². The van der Waals surface area contributed by atoms with E-state index < -0.39 is 0 Å². The molecule has 0 aliphatic carbocycles. The molecule has 2 aromatic heterocycles. The van der Waals surface area contributed by atoms with Gasteiger partial charge in [-0.05, 0) is 24.6 Å².